The monoisotopic (exact) mass is 325 g/mol. The van der Waals surface area contributed by atoms with Crippen LogP contribution in [0.3, 0.4) is 0 Å². The van der Waals surface area contributed by atoms with Gasteiger partial charge < -0.3 is 5.32 Å². The van der Waals surface area contributed by atoms with Crippen LogP contribution in [-0.2, 0) is 11.3 Å². The van der Waals surface area contributed by atoms with Crippen LogP contribution in [0.4, 0.5) is 5.82 Å². The Balaban J connectivity index is 1.41. The van der Waals surface area contributed by atoms with E-state index < -0.39 is 5.41 Å². The fourth-order valence-electron chi connectivity index (χ4n) is 3.19. The smallest absolute Gasteiger partial charge is 0.234 e. The molecule has 24 heavy (non-hydrogen) atoms. The average Bonchev–Trinajstić information content (AvgIpc) is 3.13. The quantitative estimate of drug-likeness (QED) is 0.674. The molecule has 124 valence electrons. The van der Waals surface area contributed by atoms with Crippen molar-refractivity contribution in [3.05, 3.63) is 35.9 Å². The molecule has 3 aromatic rings. The molecule has 0 aliphatic carbocycles. The van der Waals surface area contributed by atoms with E-state index in [1.54, 1.807) is 12.4 Å². The lowest BCUT2D eigenvalue weighted by atomic mass is 9.80. The van der Waals surface area contributed by atoms with E-state index in [1.165, 1.54) is 5.56 Å². The van der Waals surface area contributed by atoms with Gasteiger partial charge in [0, 0.05) is 42.5 Å². The van der Waals surface area contributed by atoms with Crippen LogP contribution in [0.15, 0.2) is 24.7 Å². The first-order chi connectivity index (χ1) is 11.5. The van der Waals surface area contributed by atoms with E-state index in [0.717, 1.165) is 23.1 Å². The molecule has 3 N–H and O–H groups in total. The average molecular weight is 325 g/mol. The predicted molar refractivity (Wildman–Crippen MR) is 89.2 cm³/mol. The fourth-order valence-corrected chi connectivity index (χ4v) is 3.19. The summed E-state index contributed by atoms with van der Waals surface area (Å²) in [6.45, 7) is 6.23. The van der Waals surface area contributed by atoms with Gasteiger partial charge >= 0.3 is 0 Å². The molecule has 0 atom stereocenters. The predicted octanol–water partition coefficient (Wildman–Crippen LogP) is 1.45. The summed E-state index contributed by atoms with van der Waals surface area (Å²) in [5, 5.41) is 17.8. The Labute approximate surface area is 138 Å². The van der Waals surface area contributed by atoms with Gasteiger partial charge in [-0.2, -0.15) is 10.2 Å². The second-order valence-electron chi connectivity index (χ2n) is 6.67. The number of aromatic nitrogens is 5. The van der Waals surface area contributed by atoms with E-state index in [1.807, 2.05) is 26.1 Å². The van der Waals surface area contributed by atoms with Crippen molar-refractivity contribution in [3.63, 3.8) is 0 Å². The summed E-state index contributed by atoms with van der Waals surface area (Å²) < 4.78 is 0. The third-order valence-electron chi connectivity index (χ3n) is 4.62. The van der Waals surface area contributed by atoms with Crippen LogP contribution >= 0.6 is 0 Å². The van der Waals surface area contributed by atoms with Gasteiger partial charge in [0.2, 0.25) is 5.91 Å². The van der Waals surface area contributed by atoms with Crippen LogP contribution in [0.2, 0.25) is 0 Å². The van der Waals surface area contributed by atoms with Crippen molar-refractivity contribution in [1.29, 1.82) is 0 Å². The van der Waals surface area contributed by atoms with E-state index in [2.05, 4.69) is 35.6 Å². The van der Waals surface area contributed by atoms with Gasteiger partial charge in [0.15, 0.2) is 5.82 Å². The largest absolute Gasteiger partial charge is 0.308 e. The molecular formula is C16H19N7O. The van der Waals surface area contributed by atoms with Gasteiger partial charge in [-0.05, 0) is 19.9 Å². The zero-order valence-corrected chi connectivity index (χ0v) is 13.6. The van der Waals surface area contributed by atoms with Crippen molar-refractivity contribution in [1.82, 2.24) is 30.3 Å². The van der Waals surface area contributed by atoms with E-state index in [-0.39, 0.29) is 5.91 Å². The molecule has 0 radical (unpaired) electrons. The molecule has 4 rings (SSSR count). The van der Waals surface area contributed by atoms with Gasteiger partial charge in [0.1, 0.15) is 0 Å². The van der Waals surface area contributed by atoms with Crippen LogP contribution in [0.5, 0.6) is 0 Å². The number of hydrogen-bond acceptors (Lipinski definition) is 5. The second-order valence-corrected chi connectivity index (χ2v) is 6.67. The molecule has 1 amide bonds. The molecule has 1 aliphatic heterocycles. The standard InChI is InChI=1S/C16H19N7O/c1-10-11(5-18-20-10)7-23-8-16(2,9-23)15(24)19-14-12-3-4-17-6-13(12)21-22-14/h3-6H,7-9H2,1-2H3,(H,18,20)(H2,19,21,22,24). The summed E-state index contributed by atoms with van der Waals surface area (Å²) in [7, 11) is 0. The maximum atomic E-state index is 12.6. The van der Waals surface area contributed by atoms with Crippen LogP contribution < -0.4 is 5.32 Å². The number of hydrogen-bond donors (Lipinski definition) is 3. The van der Waals surface area contributed by atoms with Crippen molar-refractivity contribution in [2.24, 2.45) is 5.41 Å². The number of rotatable bonds is 4. The first-order valence-electron chi connectivity index (χ1n) is 7.86. The van der Waals surface area contributed by atoms with Gasteiger partial charge in [-0.25, -0.2) is 0 Å². The number of aryl methyl sites for hydroxylation is 1. The number of nitrogens with zero attached hydrogens (tertiary/aromatic N) is 4. The maximum absolute atomic E-state index is 12.6. The SMILES string of the molecule is Cc1[nH]ncc1CN1CC(C)(C(=O)Nc2n[nH]c3cnccc23)C1. The molecule has 8 heteroatoms. The highest BCUT2D eigenvalue weighted by molar-refractivity contribution is 6.02. The molecule has 0 unspecified atom stereocenters. The normalized spacial score (nSPS) is 16.9. The van der Waals surface area contributed by atoms with Gasteiger partial charge in [-0.15, -0.1) is 0 Å². The molecule has 0 aromatic carbocycles. The van der Waals surface area contributed by atoms with Gasteiger partial charge in [-0.1, -0.05) is 0 Å². The highest BCUT2D eigenvalue weighted by atomic mass is 16.2. The molecule has 0 spiro atoms. The maximum Gasteiger partial charge on any atom is 0.234 e. The number of aromatic amines is 2. The summed E-state index contributed by atoms with van der Waals surface area (Å²) in [4.78, 5) is 18.9. The Kier molecular flexibility index (Phi) is 3.34. The first-order valence-corrected chi connectivity index (χ1v) is 7.86. The van der Waals surface area contributed by atoms with E-state index >= 15 is 0 Å². The number of nitrogens with one attached hydrogen (secondary N) is 3. The highest BCUT2D eigenvalue weighted by Crippen LogP contribution is 2.33. The topological polar surface area (TPSA) is 103 Å². The number of amides is 1. The van der Waals surface area contributed by atoms with Crippen LogP contribution in [0.1, 0.15) is 18.2 Å². The van der Waals surface area contributed by atoms with Gasteiger partial charge in [0.25, 0.3) is 0 Å². The number of anilines is 1. The molecule has 0 saturated carbocycles. The number of H-pyrrole nitrogens is 2. The van der Waals surface area contributed by atoms with E-state index in [4.69, 9.17) is 0 Å². The summed E-state index contributed by atoms with van der Waals surface area (Å²) in [5.74, 6) is 0.552. The zero-order chi connectivity index (χ0) is 16.7. The van der Waals surface area contributed by atoms with Crippen LogP contribution in [0, 0.1) is 12.3 Å². The molecular weight excluding hydrogens is 306 g/mol. The molecule has 1 fully saturated rings. The molecule has 1 saturated heterocycles. The molecule has 0 bridgehead atoms. The van der Waals surface area contributed by atoms with Gasteiger partial charge in [-0.3, -0.25) is 24.9 Å². The second kappa shape index (κ2) is 5.41. The number of carbonyl (C=O) groups is 1. The summed E-state index contributed by atoms with van der Waals surface area (Å²) in [6, 6.07) is 1.84. The number of carbonyl (C=O) groups excluding carboxylic acids is 1. The van der Waals surface area contributed by atoms with Crippen molar-refractivity contribution in [2.75, 3.05) is 18.4 Å². The Hall–Kier alpha value is -2.74. The van der Waals surface area contributed by atoms with Crippen LogP contribution in [-0.4, -0.2) is 49.3 Å². The highest BCUT2D eigenvalue weighted by Gasteiger charge is 2.45. The van der Waals surface area contributed by atoms with E-state index in [0.29, 0.717) is 18.9 Å². The molecule has 3 aromatic heterocycles. The molecule has 8 nitrogen and oxygen atoms in total. The minimum Gasteiger partial charge on any atom is -0.308 e. The number of fused-ring (bicyclic) bond motifs is 1. The lowest BCUT2D eigenvalue weighted by molar-refractivity contribution is -0.134. The third kappa shape index (κ3) is 2.44. The Bertz CT molecular complexity index is 891. The Morgan fingerprint density at radius 2 is 2.21 bits per heavy atom. The fraction of sp³-hybridized carbons (Fsp3) is 0.375. The van der Waals surface area contributed by atoms with Crippen LogP contribution in [0.25, 0.3) is 10.9 Å². The van der Waals surface area contributed by atoms with Crippen molar-refractivity contribution < 1.29 is 4.79 Å². The number of likely N-dealkylation sites (tertiary alicyclic amines) is 1. The Morgan fingerprint density at radius 1 is 1.38 bits per heavy atom. The van der Waals surface area contributed by atoms with Crippen molar-refractivity contribution in [3.8, 4) is 0 Å². The summed E-state index contributed by atoms with van der Waals surface area (Å²) in [5.41, 5.74) is 2.65. The molecule has 1 aliphatic rings. The summed E-state index contributed by atoms with van der Waals surface area (Å²) >= 11 is 0. The zero-order valence-electron chi connectivity index (χ0n) is 13.6. The van der Waals surface area contributed by atoms with Crippen molar-refractivity contribution >= 4 is 22.6 Å². The van der Waals surface area contributed by atoms with E-state index in [9.17, 15) is 4.79 Å². The Morgan fingerprint density at radius 3 is 2.96 bits per heavy atom. The lowest BCUT2D eigenvalue weighted by Gasteiger charge is -2.46. The third-order valence-corrected chi connectivity index (χ3v) is 4.62. The minimum absolute atomic E-state index is 0.00659. The minimum atomic E-state index is -0.407. The lowest BCUT2D eigenvalue weighted by Crippen LogP contribution is -2.59. The molecule has 4 heterocycles. The first kappa shape index (κ1) is 14.8. The summed E-state index contributed by atoms with van der Waals surface area (Å²) in [6.07, 6.45) is 5.22. The number of pyridine rings is 1. The van der Waals surface area contributed by atoms with Crippen molar-refractivity contribution in [2.45, 2.75) is 20.4 Å². The van der Waals surface area contributed by atoms with Gasteiger partial charge in [0.05, 0.1) is 23.3 Å².